The molecule has 9 heteroatoms. The minimum atomic E-state index is -0.908. The van der Waals surface area contributed by atoms with Crippen LogP contribution in [0.25, 0.3) is 0 Å². The van der Waals surface area contributed by atoms with Crippen LogP contribution >= 0.6 is 11.6 Å². The Morgan fingerprint density at radius 2 is 2.22 bits per heavy atom. The number of nitrogens with two attached hydrogens (primary N) is 1. The predicted molar refractivity (Wildman–Crippen MR) is 138 cm³/mol. The number of fused-ring (bicyclic) bond motifs is 1. The molecule has 4 rings (SSSR count). The van der Waals surface area contributed by atoms with Gasteiger partial charge >= 0.3 is 0 Å². The first kappa shape index (κ1) is 26.3. The standard InChI is InChI=1S/C27H35ClN4O4/c1-6-27(7-2)15-23(33)32(25(29)31-27)21(10-11-35-5)17-13-18(17)24(34)30-20-14-26(3,4)36-22-9-8-16(28)12-19(20)22/h1,8-9,12,17-18,20-21H,7,10-11,13-15H2,2-5H3,(H2,29,31)(H,30,34)/t17-,18-,20+,21-,27-/m1/s1. The molecule has 0 radical (unpaired) electrons. The van der Waals surface area contributed by atoms with Gasteiger partial charge in [-0.15, -0.1) is 6.42 Å². The number of carbonyl (C=O) groups is 2. The molecule has 5 atom stereocenters. The molecule has 2 amide bonds. The lowest BCUT2D eigenvalue weighted by molar-refractivity contribution is -0.132. The predicted octanol–water partition coefficient (Wildman–Crippen LogP) is 3.43. The first-order valence-electron chi connectivity index (χ1n) is 12.5. The first-order valence-corrected chi connectivity index (χ1v) is 12.8. The molecule has 0 spiro atoms. The molecule has 0 unspecified atom stereocenters. The van der Waals surface area contributed by atoms with E-state index in [1.807, 2.05) is 32.9 Å². The highest BCUT2D eigenvalue weighted by Gasteiger charge is 2.53. The number of aliphatic imine (C=N–C) groups is 1. The SMILES string of the molecule is C#C[C@@]1(CC)CC(=O)N([C@H](CCOC)[C@@H]2C[C@H]2C(=O)N[C@H]2CC(C)(C)Oc3ccc(Cl)cc32)C(N)=N1. The molecule has 2 heterocycles. The van der Waals surface area contributed by atoms with Crippen LogP contribution in [0.2, 0.25) is 5.02 Å². The molecule has 1 aromatic carbocycles. The molecule has 1 fully saturated rings. The summed E-state index contributed by atoms with van der Waals surface area (Å²) in [7, 11) is 1.61. The van der Waals surface area contributed by atoms with E-state index < -0.39 is 11.1 Å². The number of amides is 2. The Balaban J connectivity index is 1.52. The van der Waals surface area contributed by atoms with Gasteiger partial charge < -0.3 is 20.5 Å². The molecule has 194 valence electrons. The Kier molecular flexibility index (Phi) is 7.27. The number of halogens is 1. The summed E-state index contributed by atoms with van der Waals surface area (Å²) in [5, 5.41) is 3.81. The van der Waals surface area contributed by atoms with Gasteiger partial charge in [-0.05, 0) is 57.2 Å². The van der Waals surface area contributed by atoms with Crippen molar-refractivity contribution in [3.05, 3.63) is 28.8 Å². The molecule has 0 aromatic heterocycles. The average Bonchev–Trinajstić information content (AvgIpc) is 3.61. The summed E-state index contributed by atoms with van der Waals surface area (Å²) < 4.78 is 11.4. The lowest BCUT2D eigenvalue weighted by atomic mass is 9.89. The van der Waals surface area contributed by atoms with Gasteiger partial charge in [0.25, 0.3) is 0 Å². The van der Waals surface area contributed by atoms with Crippen LogP contribution in [-0.4, -0.2) is 53.6 Å². The number of carbonyl (C=O) groups excluding carboxylic acids is 2. The number of methoxy groups -OCH3 is 1. The minimum Gasteiger partial charge on any atom is -0.487 e. The molecule has 2 aliphatic heterocycles. The summed E-state index contributed by atoms with van der Waals surface area (Å²) in [5.41, 5.74) is 5.82. The van der Waals surface area contributed by atoms with Crippen LogP contribution in [0.3, 0.4) is 0 Å². The number of nitrogens with one attached hydrogen (secondary N) is 1. The smallest absolute Gasteiger partial charge is 0.233 e. The first-order chi connectivity index (χ1) is 17.0. The molecule has 1 saturated carbocycles. The second-order valence-corrected chi connectivity index (χ2v) is 11.0. The Hall–Kier alpha value is -2.76. The summed E-state index contributed by atoms with van der Waals surface area (Å²) in [6.07, 6.45) is 8.12. The van der Waals surface area contributed by atoms with Gasteiger partial charge in [0, 0.05) is 42.7 Å². The van der Waals surface area contributed by atoms with Crippen molar-refractivity contribution in [1.29, 1.82) is 0 Å². The zero-order valence-corrected chi connectivity index (χ0v) is 22.1. The van der Waals surface area contributed by atoms with Crippen LogP contribution in [0.15, 0.2) is 23.2 Å². The molecule has 1 aromatic rings. The van der Waals surface area contributed by atoms with Gasteiger partial charge in [0.15, 0.2) is 5.96 Å². The van der Waals surface area contributed by atoms with Crippen molar-refractivity contribution in [2.45, 2.75) is 76.1 Å². The minimum absolute atomic E-state index is 0.0514. The van der Waals surface area contributed by atoms with E-state index in [1.54, 1.807) is 13.2 Å². The zero-order chi connectivity index (χ0) is 26.3. The monoisotopic (exact) mass is 514 g/mol. The van der Waals surface area contributed by atoms with E-state index >= 15 is 0 Å². The average molecular weight is 515 g/mol. The van der Waals surface area contributed by atoms with Crippen LogP contribution < -0.4 is 15.8 Å². The number of terminal acetylenes is 1. The Labute approximate surface area is 217 Å². The number of ether oxygens (including phenoxy) is 2. The Morgan fingerprint density at radius 1 is 1.47 bits per heavy atom. The number of benzene rings is 1. The van der Waals surface area contributed by atoms with Crippen LogP contribution in [0.5, 0.6) is 5.75 Å². The highest BCUT2D eigenvalue weighted by molar-refractivity contribution is 6.30. The van der Waals surface area contributed by atoms with Crippen LogP contribution in [0.1, 0.15) is 64.5 Å². The molecule has 1 aliphatic carbocycles. The van der Waals surface area contributed by atoms with Crippen LogP contribution in [0, 0.1) is 24.2 Å². The Bertz CT molecular complexity index is 1110. The van der Waals surface area contributed by atoms with E-state index in [2.05, 4.69) is 16.2 Å². The summed E-state index contributed by atoms with van der Waals surface area (Å²) in [6.45, 7) is 6.33. The lowest BCUT2D eigenvalue weighted by Gasteiger charge is -2.39. The van der Waals surface area contributed by atoms with Gasteiger partial charge in [-0.25, -0.2) is 4.99 Å². The summed E-state index contributed by atoms with van der Waals surface area (Å²) in [4.78, 5) is 32.7. The maximum absolute atomic E-state index is 13.4. The molecular formula is C27H35ClN4O4. The lowest BCUT2D eigenvalue weighted by Crippen LogP contribution is -2.56. The largest absolute Gasteiger partial charge is 0.487 e. The van der Waals surface area contributed by atoms with Crippen LogP contribution in [0.4, 0.5) is 0 Å². The van der Waals surface area contributed by atoms with Gasteiger partial charge in [-0.2, -0.15) is 0 Å². The van der Waals surface area contributed by atoms with Gasteiger partial charge in [-0.3, -0.25) is 14.5 Å². The van der Waals surface area contributed by atoms with Gasteiger partial charge in [0.05, 0.1) is 12.5 Å². The quantitative estimate of drug-likeness (QED) is 0.517. The van der Waals surface area contributed by atoms with Gasteiger partial charge in [-0.1, -0.05) is 24.4 Å². The number of nitrogens with zero attached hydrogens (tertiary/aromatic N) is 2. The summed E-state index contributed by atoms with van der Waals surface area (Å²) in [5.74, 6) is 2.97. The van der Waals surface area contributed by atoms with Crippen molar-refractivity contribution in [1.82, 2.24) is 10.2 Å². The summed E-state index contributed by atoms with van der Waals surface area (Å²) in [6, 6.07) is 4.95. The third kappa shape index (κ3) is 5.18. The molecule has 0 bridgehead atoms. The van der Waals surface area contributed by atoms with E-state index in [9.17, 15) is 9.59 Å². The van der Waals surface area contributed by atoms with Crippen LogP contribution in [-0.2, 0) is 14.3 Å². The fourth-order valence-electron chi connectivity index (χ4n) is 5.47. The van der Waals surface area contributed by atoms with Crippen molar-refractivity contribution in [3.63, 3.8) is 0 Å². The van der Waals surface area contributed by atoms with E-state index in [0.29, 0.717) is 37.3 Å². The Morgan fingerprint density at radius 3 is 2.86 bits per heavy atom. The van der Waals surface area contributed by atoms with Gasteiger partial charge in [0.1, 0.15) is 16.9 Å². The van der Waals surface area contributed by atoms with E-state index in [-0.39, 0.29) is 48.1 Å². The van der Waals surface area contributed by atoms with Crippen molar-refractivity contribution in [2.75, 3.05) is 13.7 Å². The maximum atomic E-state index is 13.4. The molecule has 8 nitrogen and oxygen atoms in total. The van der Waals surface area contributed by atoms with Crippen molar-refractivity contribution < 1.29 is 19.1 Å². The second kappa shape index (κ2) is 9.95. The van der Waals surface area contributed by atoms with E-state index in [1.165, 1.54) is 4.90 Å². The maximum Gasteiger partial charge on any atom is 0.233 e. The van der Waals surface area contributed by atoms with Gasteiger partial charge in [0.2, 0.25) is 11.8 Å². The van der Waals surface area contributed by atoms with E-state index in [0.717, 1.165) is 11.3 Å². The second-order valence-electron chi connectivity index (χ2n) is 10.6. The number of hydrogen-bond acceptors (Lipinski definition) is 6. The molecule has 0 saturated heterocycles. The summed E-state index contributed by atoms with van der Waals surface area (Å²) >= 11 is 6.24. The number of rotatable bonds is 8. The molecule has 3 N–H and O–H groups in total. The third-order valence-corrected chi connectivity index (χ3v) is 7.74. The fourth-order valence-corrected chi connectivity index (χ4v) is 5.65. The van der Waals surface area contributed by atoms with Crippen molar-refractivity contribution in [2.24, 2.45) is 22.6 Å². The fraction of sp³-hybridized carbons (Fsp3) is 0.593. The van der Waals surface area contributed by atoms with Crippen molar-refractivity contribution >= 4 is 29.4 Å². The molecular weight excluding hydrogens is 480 g/mol. The van der Waals surface area contributed by atoms with Crippen molar-refractivity contribution in [3.8, 4) is 18.1 Å². The number of guanidine groups is 1. The highest BCUT2D eigenvalue weighted by Crippen LogP contribution is 2.47. The normalized spacial score (nSPS) is 29.3. The van der Waals surface area contributed by atoms with E-state index in [4.69, 9.17) is 33.2 Å². The molecule has 36 heavy (non-hydrogen) atoms. The highest BCUT2D eigenvalue weighted by atomic mass is 35.5. The zero-order valence-electron chi connectivity index (χ0n) is 21.3. The third-order valence-electron chi connectivity index (χ3n) is 7.51. The molecule has 3 aliphatic rings. The number of hydrogen-bond donors (Lipinski definition) is 2. The topological polar surface area (TPSA) is 106 Å².